The van der Waals surface area contributed by atoms with E-state index in [0.29, 0.717) is 31.2 Å². The van der Waals surface area contributed by atoms with Crippen LogP contribution < -0.4 is 5.32 Å². The molecule has 0 radical (unpaired) electrons. The zero-order valence-corrected chi connectivity index (χ0v) is 16.1. The van der Waals surface area contributed by atoms with Crippen molar-refractivity contribution < 1.29 is 14.3 Å². The molecule has 2 fully saturated rings. The van der Waals surface area contributed by atoms with Gasteiger partial charge >= 0.3 is 0 Å². The number of ether oxygens (including phenoxy) is 1. The maximum atomic E-state index is 13.1. The van der Waals surface area contributed by atoms with Gasteiger partial charge in [0.25, 0.3) is 11.8 Å². The lowest BCUT2D eigenvalue weighted by molar-refractivity contribution is 0.0645. The van der Waals surface area contributed by atoms with E-state index in [1.54, 1.807) is 0 Å². The minimum absolute atomic E-state index is 0.0515. The van der Waals surface area contributed by atoms with E-state index >= 15 is 0 Å². The lowest BCUT2D eigenvalue weighted by Gasteiger charge is -2.32. The number of hydrogen-bond donors (Lipinski definition) is 1. The number of nitrogens with one attached hydrogen (secondary N) is 1. The molecule has 1 aromatic rings. The average Bonchev–Trinajstić information content (AvgIpc) is 3.34. The van der Waals surface area contributed by atoms with Crippen molar-refractivity contribution in [2.24, 2.45) is 0 Å². The fourth-order valence-electron chi connectivity index (χ4n) is 4.13. The van der Waals surface area contributed by atoms with Crippen LogP contribution in [0.2, 0.25) is 0 Å². The largest absolute Gasteiger partial charge is 0.376 e. The van der Waals surface area contributed by atoms with Crippen LogP contribution in [0.15, 0.2) is 0 Å². The molecule has 1 aromatic heterocycles. The maximum Gasteiger partial charge on any atom is 0.289 e. The Morgan fingerprint density at radius 3 is 2.70 bits per heavy atom. The lowest BCUT2D eigenvalue weighted by atomic mass is 10.1. The third-order valence-corrected chi connectivity index (χ3v) is 5.83. The van der Waals surface area contributed by atoms with Gasteiger partial charge in [-0.1, -0.05) is 0 Å². The molecule has 0 saturated carbocycles. The van der Waals surface area contributed by atoms with E-state index in [0.717, 1.165) is 64.0 Å². The van der Waals surface area contributed by atoms with Crippen LogP contribution in [0.25, 0.3) is 0 Å². The summed E-state index contributed by atoms with van der Waals surface area (Å²) in [7, 11) is 2.07. The molecule has 0 aromatic carbocycles. The van der Waals surface area contributed by atoms with Crippen LogP contribution in [0.5, 0.6) is 0 Å². The van der Waals surface area contributed by atoms with Crippen molar-refractivity contribution in [2.45, 2.75) is 44.8 Å². The summed E-state index contributed by atoms with van der Waals surface area (Å²) in [6, 6.07) is 0. The second-order valence-electron chi connectivity index (χ2n) is 7.78. The first-order chi connectivity index (χ1) is 13.1. The van der Waals surface area contributed by atoms with Crippen molar-refractivity contribution in [2.75, 3.05) is 46.4 Å². The number of carbonyl (C=O) groups is 2. The van der Waals surface area contributed by atoms with E-state index in [1.165, 1.54) is 0 Å². The Kier molecular flexibility index (Phi) is 5.45. The Hall–Kier alpha value is -1.93. The highest BCUT2D eigenvalue weighted by Gasteiger charge is 2.31. The third kappa shape index (κ3) is 3.87. The topological polar surface area (TPSA) is 79.7 Å². The van der Waals surface area contributed by atoms with Gasteiger partial charge in [0.15, 0.2) is 5.82 Å². The zero-order valence-electron chi connectivity index (χ0n) is 16.1. The molecule has 27 heavy (non-hydrogen) atoms. The monoisotopic (exact) mass is 375 g/mol. The van der Waals surface area contributed by atoms with Crippen molar-refractivity contribution in [1.82, 2.24) is 24.7 Å². The average molecular weight is 375 g/mol. The summed E-state index contributed by atoms with van der Waals surface area (Å²) in [6.07, 6.45) is 4.96. The number of rotatable bonds is 4. The second kappa shape index (κ2) is 7.98. The summed E-state index contributed by atoms with van der Waals surface area (Å²) in [5, 5.41) is 2.96. The molecule has 3 aliphatic rings. The summed E-state index contributed by atoms with van der Waals surface area (Å²) in [6.45, 7) is 5.19. The van der Waals surface area contributed by atoms with Gasteiger partial charge in [-0.2, -0.15) is 0 Å². The number of fused-ring (bicyclic) bond motifs is 1. The van der Waals surface area contributed by atoms with Crippen molar-refractivity contribution in [3.05, 3.63) is 17.2 Å². The fourth-order valence-corrected chi connectivity index (χ4v) is 4.13. The van der Waals surface area contributed by atoms with E-state index in [9.17, 15) is 9.59 Å². The van der Waals surface area contributed by atoms with Gasteiger partial charge < -0.3 is 24.4 Å². The van der Waals surface area contributed by atoms with E-state index in [2.05, 4.69) is 22.2 Å². The fraction of sp³-hybridized carbons (Fsp3) is 0.737. The van der Waals surface area contributed by atoms with Gasteiger partial charge in [0.1, 0.15) is 5.69 Å². The van der Waals surface area contributed by atoms with Crippen LogP contribution >= 0.6 is 0 Å². The highest BCUT2D eigenvalue weighted by atomic mass is 16.5. The molecule has 2 amide bonds. The molecular formula is C19H29N5O3. The van der Waals surface area contributed by atoms with Gasteiger partial charge in [0.2, 0.25) is 0 Å². The lowest BCUT2D eigenvalue weighted by Crippen LogP contribution is -2.47. The highest BCUT2D eigenvalue weighted by molar-refractivity contribution is 5.97. The number of imidazole rings is 1. The number of piperazine rings is 1. The van der Waals surface area contributed by atoms with E-state index in [4.69, 9.17) is 4.74 Å². The van der Waals surface area contributed by atoms with Crippen molar-refractivity contribution in [3.63, 3.8) is 0 Å². The molecule has 1 unspecified atom stereocenters. The quantitative estimate of drug-likeness (QED) is 0.830. The molecular weight excluding hydrogens is 346 g/mol. The minimum Gasteiger partial charge on any atom is -0.376 e. The second-order valence-corrected chi connectivity index (χ2v) is 7.78. The van der Waals surface area contributed by atoms with Crippen LogP contribution in [0.3, 0.4) is 0 Å². The highest BCUT2D eigenvalue weighted by Crippen LogP contribution is 2.22. The van der Waals surface area contributed by atoms with Crippen molar-refractivity contribution >= 4 is 11.8 Å². The summed E-state index contributed by atoms with van der Waals surface area (Å²) < 4.78 is 7.56. The van der Waals surface area contributed by atoms with Gasteiger partial charge in [-0.05, 0) is 39.2 Å². The first-order valence-corrected chi connectivity index (χ1v) is 10.1. The standard InChI is InChI=1S/C19H29N5O3/c1-22-8-10-23(11-9-22)19(26)17-21-16(15-6-2-3-7-24(15)17)18(25)20-13-14-5-4-12-27-14/h14H,2-13H2,1H3,(H,20,25). The van der Waals surface area contributed by atoms with Crippen molar-refractivity contribution in [1.29, 1.82) is 0 Å². The normalized spacial score (nSPS) is 23.3. The molecule has 1 N–H and O–H groups in total. The first-order valence-electron chi connectivity index (χ1n) is 10.1. The van der Waals surface area contributed by atoms with Gasteiger partial charge in [-0.3, -0.25) is 9.59 Å². The molecule has 8 heteroatoms. The molecule has 0 bridgehead atoms. The SMILES string of the molecule is CN1CCN(C(=O)c2nc(C(=O)NCC3CCCO3)c3n2CCCC3)CC1. The van der Waals surface area contributed by atoms with Gasteiger partial charge in [0.05, 0.1) is 11.8 Å². The van der Waals surface area contributed by atoms with Crippen molar-refractivity contribution in [3.8, 4) is 0 Å². The number of carbonyl (C=O) groups excluding carboxylic acids is 2. The number of aromatic nitrogens is 2. The predicted octanol–water partition coefficient (Wildman–Crippen LogP) is 0.516. The van der Waals surface area contributed by atoms with Gasteiger partial charge in [-0.15, -0.1) is 0 Å². The molecule has 1 atom stereocenters. The van der Waals surface area contributed by atoms with Crippen LogP contribution in [-0.2, 0) is 17.7 Å². The Bertz CT molecular complexity index is 702. The van der Waals surface area contributed by atoms with Crippen LogP contribution in [0.1, 0.15) is 52.5 Å². The molecule has 8 nitrogen and oxygen atoms in total. The summed E-state index contributed by atoms with van der Waals surface area (Å²) in [5.41, 5.74) is 1.33. The number of amides is 2. The Morgan fingerprint density at radius 2 is 1.96 bits per heavy atom. The molecule has 4 rings (SSSR count). The molecule has 148 valence electrons. The van der Waals surface area contributed by atoms with Crippen LogP contribution in [0, 0.1) is 0 Å². The third-order valence-electron chi connectivity index (χ3n) is 5.83. The molecule has 4 heterocycles. The maximum absolute atomic E-state index is 13.1. The Balaban J connectivity index is 1.52. The minimum atomic E-state index is -0.187. The number of nitrogens with zero attached hydrogens (tertiary/aromatic N) is 4. The van der Waals surface area contributed by atoms with Crippen LogP contribution in [-0.4, -0.2) is 83.6 Å². The molecule has 2 saturated heterocycles. The van der Waals surface area contributed by atoms with Gasteiger partial charge in [-0.25, -0.2) is 4.98 Å². The summed E-state index contributed by atoms with van der Waals surface area (Å²) in [4.78, 5) is 34.4. The Labute approximate surface area is 159 Å². The predicted molar refractivity (Wildman–Crippen MR) is 99.9 cm³/mol. The smallest absolute Gasteiger partial charge is 0.289 e. The zero-order chi connectivity index (χ0) is 18.8. The molecule has 0 aliphatic carbocycles. The van der Waals surface area contributed by atoms with Gasteiger partial charge in [0, 0.05) is 45.9 Å². The first kappa shape index (κ1) is 18.4. The Morgan fingerprint density at radius 1 is 1.15 bits per heavy atom. The van der Waals surface area contributed by atoms with E-state index in [1.807, 2.05) is 9.47 Å². The van der Waals surface area contributed by atoms with E-state index < -0.39 is 0 Å². The summed E-state index contributed by atoms with van der Waals surface area (Å²) >= 11 is 0. The number of likely N-dealkylation sites (N-methyl/N-ethyl adjacent to an activating group) is 1. The summed E-state index contributed by atoms with van der Waals surface area (Å²) in [5.74, 6) is 0.189. The number of hydrogen-bond acceptors (Lipinski definition) is 5. The molecule has 3 aliphatic heterocycles. The van der Waals surface area contributed by atoms with Crippen LogP contribution in [0.4, 0.5) is 0 Å². The molecule has 0 spiro atoms. The van der Waals surface area contributed by atoms with E-state index in [-0.39, 0.29) is 17.9 Å².